The van der Waals surface area contributed by atoms with Crippen LogP contribution in [0.5, 0.6) is 0 Å². The van der Waals surface area contributed by atoms with E-state index in [2.05, 4.69) is 4.72 Å². The first kappa shape index (κ1) is 14.4. The molecule has 0 rings (SSSR count). The van der Waals surface area contributed by atoms with Crippen LogP contribution in [0.15, 0.2) is 0 Å². The monoisotopic (exact) mass is 237 g/mol. The van der Waals surface area contributed by atoms with Crippen LogP contribution < -0.4 is 4.72 Å². The Balaban J connectivity index is 4.63. The number of rotatable bonds is 6. The molecule has 15 heavy (non-hydrogen) atoms. The molecule has 0 aromatic carbocycles. The molecule has 2 N–H and O–H groups in total. The standard InChI is InChI=1S/C9H19NO4S/c1-6(2)5-8(9(11)12)10-15(13,14)7(3)4/h6-8,10H,5H2,1-4H3,(H,11,12)/t8-/m1/s1. The van der Waals surface area contributed by atoms with Crippen molar-refractivity contribution in [3.8, 4) is 0 Å². The van der Waals surface area contributed by atoms with Gasteiger partial charge < -0.3 is 5.11 Å². The molecule has 0 saturated carbocycles. The average Bonchev–Trinajstić information content (AvgIpc) is 2.01. The highest BCUT2D eigenvalue weighted by Gasteiger charge is 2.26. The first-order valence-corrected chi connectivity index (χ1v) is 6.45. The van der Waals surface area contributed by atoms with Crippen molar-refractivity contribution >= 4 is 16.0 Å². The summed E-state index contributed by atoms with van der Waals surface area (Å²) in [7, 11) is -3.52. The van der Waals surface area contributed by atoms with Crippen LogP contribution in [0.4, 0.5) is 0 Å². The number of aliphatic carboxylic acids is 1. The van der Waals surface area contributed by atoms with E-state index in [1.54, 1.807) is 0 Å². The lowest BCUT2D eigenvalue weighted by atomic mass is 10.1. The van der Waals surface area contributed by atoms with Gasteiger partial charge in [-0.15, -0.1) is 0 Å². The van der Waals surface area contributed by atoms with Crippen LogP contribution in [-0.4, -0.2) is 30.8 Å². The zero-order valence-corrected chi connectivity index (χ0v) is 10.3. The molecule has 0 saturated heterocycles. The number of carboxylic acids is 1. The Labute approximate surface area is 90.9 Å². The van der Waals surface area contributed by atoms with Crippen molar-refractivity contribution in [1.82, 2.24) is 4.72 Å². The van der Waals surface area contributed by atoms with Crippen LogP contribution in [-0.2, 0) is 14.8 Å². The summed E-state index contributed by atoms with van der Waals surface area (Å²) in [4.78, 5) is 10.8. The van der Waals surface area contributed by atoms with Crippen LogP contribution in [0.2, 0.25) is 0 Å². The lowest BCUT2D eigenvalue weighted by Gasteiger charge is -2.18. The van der Waals surface area contributed by atoms with Gasteiger partial charge in [-0.2, -0.15) is 0 Å². The maximum Gasteiger partial charge on any atom is 0.321 e. The fourth-order valence-electron chi connectivity index (χ4n) is 1.01. The highest BCUT2D eigenvalue weighted by Crippen LogP contribution is 2.08. The molecule has 0 aliphatic carbocycles. The Bertz CT molecular complexity index is 308. The summed E-state index contributed by atoms with van der Waals surface area (Å²) in [5, 5.41) is 8.22. The van der Waals surface area contributed by atoms with Crippen molar-refractivity contribution in [3.63, 3.8) is 0 Å². The molecular formula is C9H19NO4S. The van der Waals surface area contributed by atoms with Crippen LogP contribution in [0.3, 0.4) is 0 Å². The summed E-state index contributed by atoms with van der Waals surface area (Å²) >= 11 is 0. The van der Waals surface area contributed by atoms with E-state index in [0.29, 0.717) is 6.42 Å². The summed E-state index contributed by atoms with van der Waals surface area (Å²) < 4.78 is 25.1. The molecule has 0 radical (unpaired) electrons. The molecule has 0 fully saturated rings. The number of carboxylic acid groups (broad SMARTS) is 1. The van der Waals surface area contributed by atoms with Crippen molar-refractivity contribution in [1.29, 1.82) is 0 Å². The van der Waals surface area contributed by atoms with Gasteiger partial charge in [0.2, 0.25) is 10.0 Å². The van der Waals surface area contributed by atoms with E-state index in [4.69, 9.17) is 5.11 Å². The SMILES string of the molecule is CC(C)C[C@@H](NS(=O)(=O)C(C)C)C(=O)O. The average molecular weight is 237 g/mol. The van der Waals surface area contributed by atoms with Gasteiger partial charge in [0.25, 0.3) is 0 Å². The highest BCUT2D eigenvalue weighted by atomic mass is 32.2. The minimum Gasteiger partial charge on any atom is -0.480 e. The maximum atomic E-state index is 11.5. The van der Waals surface area contributed by atoms with Gasteiger partial charge in [-0.25, -0.2) is 13.1 Å². The zero-order chi connectivity index (χ0) is 12.2. The van der Waals surface area contributed by atoms with Crippen LogP contribution in [0.25, 0.3) is 0 Å². The molecular weight excluding hydrogens is 218 g/mol. The smallest absolute Gasteiger partial charge is 0.321 e. The number of nitrogens with one attached hydrogen (secondary N) is 1. The normalized spacial score (nSPS) is 14.5. The molecule has 1 atom stereocenters. The van der Waals surface area contributed by atoms with E-state index < -0.39 is 27.3 Å². The fraction of sp³-hybridized carbons (Fsp3) is 0.889. The second-order valence-electron chi connectivity index (χ2n) is 4.23. The number of carbonyl (C=O) groups is 1. The van der Waals surface area contributed by atoms with Crippen molar-refractivity contribution in [2.75, 3.05) is 0 Å². The van der Waals surface area contributed by atoms with Crippen molar-refractivity contribution in [2.24, 2.45) is 5.92 Å². The molecule has 0 aliphatic heterocycles. The zero-order valence-electron chi connectivity index (χ0n) is 9.52. The second kappa shape index (κ2) is 5.46. The lowest BCUT2D eigenvalue weighted by Crippen LogP contribution is -2.44. The quantitative estimate of drug-likeness (QED) is 0.716. The molecule has 0 amide bonds. The van der Waals surface area contributed by atoms with Gasteiger partial charge in [0.1, 0.15) is 6.04 Å². The predicted octanol–water partition coefficient (Wildman–Crippen LogP) is 0.813. The molecule has 0 aromatic heterocycles. The first-order chi connectivity index (χ1) is 6.66. The molecule has 0 unspecified atom stereocenters. The highest BCUT2D eigenvalue weighted by molar-refractivity contribution is 7.90. The number of sulfonamides is 1. The van der Waals surface area contributed by atoms with E-state index in [1.165, 1.54) is 13.8 Å². The third kappa shape index (κ3) is 5.13. The minimum absolute atomic E-state index is 0.126. The Kier molecular flexibility index (Phi) is 5.23. The number of hydrogen-bond acceptors (Lipinski definition) is 3. The van der Waals surface area contributed by atoms with Crippen LogP contribution >= 0.6 is 0 Å². The van der Waals surface area contributed by atoms with E-state index in [0.717, 1.165) is 0 Å². The summed E-state index contributed by atoms with van der Waals surface area (Å²) in [6.45, 7) is 6.71. The van der Waals surface area contributed by atoms with Crippen molar-refractivity contribution < 1.29 is 18.3 Å². The van der Waals surface area contributed by atoms with E-state index in [1.807, 2.05) is 13.8 Å². The molecule has 0 heterocycles. The molecule has 90 valence electrons. The topological polar surface area (TPSA) is 83.5 Å². The Morgan fingerprint density at radius 2 is 1.73 bits per heavy atom. The lowest BCUT2D eigenvalue weighted by molar-refractivity contribution is -0.139. The van der Waals surface area contributed by atoms with Gasteiger partial charge in [-0.1, -0.05) is 13.8 Å². The summed E-state index contributed by atoms with van der Waals surface area (Å²) in [5.41, 5.74) is 0. The first-order valence-electron chi connectivity index (χ1n) is 4.90. The Morgan fingerprint density at radius 3 is 2.00 bits per heavy atom. The van der Waals surface area contributed by atoms with E-state index in [9.17, 15) is 13.2 Å². The summed E-state index contributed by atoms with van der Waals surface area (Å²) in [5.74, 6) is -1.01. The molecule has 6 heteroatoms. The van der Waals surface area contributed by atoms with E-state index in [-0.39, 0.29) is 5.92 Å². The largest absolute Gasteiger partial charge is 0.480 e. The van der Waals surface area contributed by atoms with Crippen molar-refractivity contribution in [3.05, 3.63) is 0 Å². The summed E-state index contributed by atoms with van der Waals surface area (Å²) in [6.07, 6.45) is 0.293. The summed E-state index contributed by atoms with van der Waals surface area (Å²) in [6, 6.07) is -1.03. The maximum absolute atomic E-state index is 11.5. The van der Waals surface area contributed by atoms with E-state index >= 15 is 0 Å². The second-order valence-corrected chi connectivity index (χ2v) is 6.50. The molecule has 0 spiro atoms. The molecule has 5 nitrogen and oxygen atoms in total. The van der Waals surface area contributed by atoms with Gasteiger partial charge in [0.05, 0.1) is 5.25 Å². The molecule has 0 aliphatic rings. The van der Waals surface area contributed by atoms with Crippen LogP contribution in [0, 0.1) is 5.92 Å². The van der Waals surface area contributed by atoms with Gasteiger partial charge >= 0.3 is 5.97 Å². The van der Waals surface area contributed by atoms with Gasteiger partial charge in [-0.05, 0) is 26.2 Å². The van der Waals surface area contributed by atoms with Crippen molar-refractivity contribution in [2.45, 2.75) is 45.4 Å². The Hall–Kier alpha value is -0.620. The van der Waals surface area contributed by atoms with Gasteiger partial charge in [-0.3, -0.25) is 4.79 Å². The molecule has 0 bridgehead atoms. The third-order valence-corrected chi connectivity index (χ3v) is 3.79. The van der Waals surface area contributed by atoms with Gasteiger partial charge in [0, 0.05) is 0 Å². The number of hydrogen-bond donors (Lipinski definition) is 2. The van der Waals surface area contributed by atoms with Gasteiger partial charge in [0.15, 0.2) is 0 Å². The predicted molar refractivity (Wildman–Crippen MR) is 58.1 cm³/mol. The van der Waals surface area contributed by atoms with Crippen LogP contribution in [0.1, 0.15) is 34.1 Å². The minimum atomic E-state index is -3.52. The third-order valence-electron chi connectivity index (χ3n) is 1.93. The fourth-order valence-corrected chi connectivity index (χ4v) is 1.87. The Morgan fingerprint density at radius 1 is 1.27 bits per heavy atom. The molecule has 0 aromatic rings.